The number of aryl methyl sites for hydroxylation is 1. The Morgan fingerprint density at radius 3 is 2.47 bits per heavy atom. The van der Waals surface area contributed by atoms with Crippen LogP contribution in [0.4, 0.5) is 28.7 Å². The molecule has 1 saturated heterocycles. The van der Waals surface area contributed by atoms with Gasteiger partial charge in [0.25, 0.3) is 5.91 Å². The normalized spacial score (nSPS) is 16.7. The van der Waals surface area contributed by atoms with Gasteiger partial charge in [0.15, 0.2) is 0 Å². The minimum absolute atomic E-state index is 0.161. The zero-order valence-electron chi connectivity index (χ0n) is 21.0. The molecule has 1 fully saturated rings. The Labute approximate surface area is 222 Å². The first-order valence-electron chi connectivity index (χ1n) is 12.8. The van der Waals surface area contributed by atoms with Crippen LogP contribution in [0.3, 0.4) is 0 Å². The number of alkyl halides is 3. The lowest BCUT2D eigenvalue weighted by Gasteiger charge is -2.35. The molecule has 1 aromatic carbocycles. The van der Waals surface area contributed by atoms with Gasteiger partial charge >= 0.3 is 18.3 Å². The molecular weight excluding hydrogens is 521 g/mol. The number of carbonyl (C=O) groups is 3. The number of urea groups is 1. The van der Waals surface area contributed by atoms with Gasteiger partial charge in [0.2, 0.25) is 0 Å². The highest BCUT2D eigenvalue weighted by molar-refractivity contribution is 7.17. The molecule has 1 unspecified atom stereocenters. The summed E-state index contributed by atoms with van der Waals surface area (Å²) in [5.41, 5.74) is 0.794. The summed E-state index contributed by atoms with van der Waals surface area (Å²) in [6, 6.07) is 4.51. The monoisotopic (exact) mass is 552 g/mol. The molecule has 0 radical (unpaired) electrons. The summed E-state index contributed by atoms with van der Waals surface area (Å²) in [5.74, 6) is -2.33. The van der Waals surface area contributed by atoms with Crippen molar-refractivity contribution in [1.82, 2.24) is 10.6 Å². The molecule has 3 N–H and O–H groups in total. The van der Waals surface area contributed by atoms with E-state index in [1.165, 1.54) is 35.6 Å². The van der Waals surface area contributed by atoms with Crippen LogP contribution in [-0.4, -0.2) is 49.9 Å². The average molecular weight is 553 g/mol. The largest absolute Gasteiger partial charge is 0.491 e. The number of thiophene rings is 1. The maximum absolute atomic E-state index is 14.1. The number of hydrogen-bond donors (Lipinski definition) is 3. The van der Waals surface area contributed by atoms with Crippen molar-refractivity contribution in [3.63, 3.8) is 0 Å². The lowest BCUT2D eigenvalue weighted by atomic mass is 9.89. The van der Waals surface area contributed by atoms with E-state index in [1.807, 2.05) is 0 Å². The van der Waals surface area contributed by atoms with Crippen molar-refractivity contribution < 1.29 is 32.3 Å². The molecule has 38 heavy (non-hydrogen) atoms. The van der Waals surface area contributed by atoms with Gasteiger partial charge in [0, 0.05) is 4.88 Å². The quantitative estimate of drug-likeness (QED) is 0.337. The summed E-state index contributed by atoms with van der Waals surface area (Å²) in [7, 11) is 0. The molecule has 0 spiro atoms. The fourth-order valence-electron chi connectivity index (χ4n) is 5.03. The van der Waals surface area contributed by atoms with Crippen molar-refractivity contribution >= 4 is 39.9 Å². The van der Waals surface area contributed by atoms with Gasteiger partial charge in [0.1, 0.15) is 11.0 Å². The number of halogens is 3. The molecule has 2 aliphatic rings. The van der Waals surface area contributed by atoms with Crippen LogP contribution in [0.15, 0.2) is 30.3 Å². The third kappa shape index (κ3) is 6.29. The highest BCUT2D eigenvalue weighted by atomic mass is 32.1. The zero-order valence-corrected chi connectivity index (χ0v) is 21.8. The minimum Gasteiger partial charge on any atom is -0.462 e. The molecule has 8 nitrogen and oxygen atoms in total. The highest BCUT2D eigenvalue weighted by Crippen LogP contribution is 2.39. The predicted molar refractivity (Wildman–Crippen MR) is 138 cm³/mol. The molecule has 1 aliphatic heterocycles. The van der Waals surface area contributed by atoms with E-state index in [0.29, 0.717) is 32.4 Å². The molecule has 1 aromatic heterocycles. The number of amides is 3. The van der Waals surface area contributed by atoms with Crippen molar-refractivity contribution in [2.24, 2.45) is 5.92 Å². The van der Waals surface area contributed by atoms with Gasteiger partial charge in [-0.1, -0.05) is 18.2 Å². The first kappa shape index (κ1) is 27.9. The number of nitrogens with one attached hydrogen (secondary N) is 3. The fourth-order valence-corrected chi connectivity index (χ4v) is 6.30. The van der Waals surface area contributed by atoms with E-state index in [1.54, 1.807) is 13.0 Å². The average Bonchev–Trinajstić information content (AvgIpc) is 3.25. The highest BCUT2D eigenvalue weighted by Gasteiger charge is 2.47. The molecule has 2 aromatic rings. The third-order valence-corrected chi connectivity index (χ3v) is 7.98. The summed E-state index contributed by atoms with van der Waals surface area (Å²) in [4.78, 5) is 40.2. The van der Waals surface area contributed by atoms with Gasteiger partial charge < -0.3 is 15.4 Å². The van der Waals surface area contributed by atoms with Crippen LogP contribution in [-0.2, 0) is 22.4 Å². The number of fused-ring (bicyclic) bond motifs is 1. The lowest BCUT2D eigenvalue weighted by molar-refractivity contribution is -0.152. The number of rotatable bonds is 7. The second kappa shape index (κ2) is 12.2. The Morgan fingerprint density at radius 1 is 1.13 bits per heavy atom. The Hall–Kier alpha value is -3.12. The maximum Gasteiger partial charge on any atom is 0.491 e. The van der Waals surface area contributed by atoms with Gasteiger partial charge in [-0.15, -0.1) is 24.5 Å². The number of carbonyl (C=O) groups excluding carboxylic acids is 3. The van der Waals surface area contributed by atoms with Crippen LogP contribution in [0.2, 0.25) is 0 Å². The summed E-state index contributed by atoms with van der Waals surface area (Å²) >= 11 is 1.26. The molecule has 206 valence electrons. The Kier molecular flexibility index (Phi) is 8.93. The van der Waals surface area contributed by atoms with E-state index in [-0.39, 0.29) is 27.8 Å². The standard InChI is InChI=1S/C26H31F3N4O4S/c1-2-37-24(35)20-18-10-6-7-11-19(18)38-22(20)32-25(36)31-21(16-12-14-30-15-13-16)23(34)33(26(27,28)29)17-8-4-3-5-9-17/h3-5,8-9,16,21,30H,2,6-7,10-15H2,1H3,(H2,31,32,36). The van der Waals surface area contributed by atoms with Crippen LogP contribution in [0, 0.1) is 5.92 Å². The van der Waals surface area contributed by atoms with Crippen LogP contribution in [0.25, 0.3) is 0 Å². The van der Waals surface area contributed by atoms with E-state index in [2.05, 4.69) is 16.0 Å². The molecule has 0 saturated carbocycles. The molecule has 1 atom stereocenters. The van der Waals surface area contributed by atoms with Gasteiger partial charge in [0.05, 0.1) is 17.9 Å². The third-order valence-electron chi connectivity index (χ3n) is 6.77. The Morgan fingerprint density at radius 2 is 1.82 bits per heavy atom. The van der Waals surface area contributed by atoms with Crippen molar-refractivity contribution in [2.45, 2.75) is 57.8 Å². The zero-order chi connectivity index (χ0) is 27.3. The maximum atomic E-state index is 14.1. The number of hydrogen-bond acceptors (Lipinski definition) is 6. The van der Waals surface area contributed by atoms with E-state index >= 15 is 0 Å². The molecule has 1 aliphatic carbocycles. The first-order valence-corrected chi connectivity index (χ1v) is 13.6. The van der Waals surface area contributed by atoms with E-state index in [9.17, 15) is 27.6 Å². The minimum atomic E-state index is -4.99. The van der Waals surface area contributed by atoms with Crippen molar-refractivity contribution in [2.75, 3.05) is 29.9 Å². The van der Waals surface area contributed by atoms with E-state index in [0.717, 1.165) is 29.7 Å². The number of benzene rings is 1. The molecule has 2 heterocycles. The van der Waals surface area contributed by atoms with Crippen LogP contribution in [0.5, 0.6) is 0 Å². The predicted octanol–water partition coefficient (Wildman–Crippen LogP) is 4.85. The smallest absolute Gasteiger partial charge is 0.462 e. The van der Waals surface area contributed by atoms with E-state index < -0.39 is 36.2 Å². The Bertz CT molecular complexity index is 1150. The van der Waals surface area contributed by atoms with Crippen LogP contribution >= 0.6 is 11.3 Å². The molecule has 4 rings (SSSR count). The lowest BCUT2D eigenvalue weighted by Crippen LogP contribution is -2.58. The van der Waals surface area contributed by atoms with Crippen molar-refractivity contribution in [3.8, 4) is 0 Å². The second-order valence-electron chi connectivity index (χ2n) is 9.28. The Balaban J connectivity index is 1.62. The van der Waals surface area contributed by atoms with Gasteiger partial charge in [-0.05, 0) is 82.2 Å². The van der Waals surface area contributed by atoms with Gasteiger partial charge in [-0.3, -0.25) is 10.1 Å². The first-order chi connectivity index (χ1) is 18.2. The SMILES string of the molecule is CCOC(=O)c1c(NC(=O)NC(C(=O)N(c2ccccc2)C(F)(F)F)C2CCNCC2)sc2c1CCCC2. The summed E-state index contributed by atoms with van der Waals surface area (Å²) in [6.45, 7) is 2.87. The topological polar surface area (TPSA) is 99.8 Å². The summed E-state index contributed by atoms with van der Waals surface area (Å²) in [5, 5.41) is 8.58. The molecule has 12 heteroatoms. The van der Waals surface area contributed by atoms with Crippen LogP contribution in [0.1, 0.15) is 53.4 Å². The van der Waals surface area contributed by atoms with Crippen LogP contribution < -0.4 is 20.9 Å². The second-order valence-corrected chi connectivity index (χ2v) is 10.4. The van der Waals surface area contributed by atoms with Crippen molar-refractivity contribution in [3.05, 3.63) is 46.3 Å². The number of ether oxygens (including phenoxy) is 1. The number of anilines is 2. The number of nitrogens with zero attached hydrogens (tertiary/aromatic N) is 1. The van der Waals surface area contributed by atoms with Crippen molar-refractivity contribution in [1.29, 1.82) is 0 Å². The fraction of sp³-hybridized carbons (Fsp3) is 0.500. The number of piperidine rings is 1. The number of esters is 1. The summed E-state index contributed by atoms with van der Waals surface area (Å²) in [6.07, 6.45) is -0.857. The van der Waals surface area contributed by atoms with Gasteiger partial charge in [-0.2, -0.15) is 0 Å². The summed E-state index contributed by atoms with van der Waals surface area (Å²) < 4.78 is 47.6. The van der Waals surface area contributed by atoms with E-state index in [4.69, 9.17) is 4.74 Å². The molecule has 0 bridgehead atoms. The number of para-hydroxylation sites is 1. The molecular formula is C26H31F3N4O4S. The molecule has 3 amide bonds. The van der Waals surface area contributed by atoms with Gasteiger partial charge in [-0.25, -0.2) is 14.5 Å².